The Balaban J connectivity index is 1.90. The van der Waals surface area contributed by atoms with Crippen molar-refractivity contribution in [3.8, 4) is 0 Å². The van der Waals surface area contributed by atoms with Crippen molar-refractivity contribution >= 4 is 5.91 Å². The summed E-state index contributed by atoms with van der Waals surface area (Å²) in [6.45, 7) is 3.26. The maximum atomic E-state index is 11.6. The zero-order valence-electron chi connectivity index (χ0n) is 13.9. The van der Waals surface area contributed by atoms with Crippen LogP contribution in [-0.2, 0) is 16.0 Å². The minimum atomic E-state index is 0.0474. The smallest absolute Gasteiger partial charge is 0.222 e. The number of rotatable bonds is 7. The Labute approximate surface area is 133 Å². The summed E-state index contributed by atoms with van der Waals surface area (Å²) >= 11 is 0. The molecule has 1 aromatic rings. The first-order valence-corrected chi connectivity index (χ1v) is 8.50. The summed E-state index contributed by atoms with van der Waals surface area (Å²) in [5.41, 5.74) is 1.24. The predicted molar refractivity (Wildman–Crippen MR) is 86.9 cm³/mol. The van der Waals surface area contributed by atoms with E-state index >= 15 is 0 Å². The van der Waals surface area contributed by atoms with Crippen LogP contribution >= 0.6 is 0 Å². The number of ether oxygens (including phenoxy) is 1. The maximum absolute atomic E-state index is 11.6. The number of imidazole rings is 1. The third kappa shape index (κ3) is 4.83. The molecule has 1 aliphatic rings. The Morgan fingerprint density at radius 3 is 2.77 bits per heavy atom. The highest BCUT2D eigenvalue weighted by atomic mass is 16.5. The molecule has 22 heavy (non-hydrogen) atoms. The van der Waals surface area contributed by atoms with E-state index in [4.69, 9.17) is 4.74 Å². The number of nitrogens with zero attached hydrogens (tertiary/aromatic N) is 2. The van der Waals surface area contributed by atoms with Gasteiger partial charge in [0.1, 0.15) is 5.82 Å². The van der Waals surface area contributed by atoms with Crippen molar-refractivity contribution in [2.24, 2.45) is 0 Å². The standard InChI is InChI=1S/C17H29N3O2/c1-14-13-19-16(9-11-18-17(21)10-12-22-2)20(14)15-7-5-3-4-6-8-15/h13,15H,3-12H2,1-2H3,(H,18,21). The molecule has 124 valence electrons. The molecule has 0 bridgehead atoms. The summed E-state index contributed by atoms with van der Waals surface area (Å²) in [5, 5.41) is 2.95. The quantitative estimate of drug-likeness (QED) is 0.788. The van der Waals surface area contributed by atoms with Crippen molar-refractivity contribution in [1.82, 2.24) is 14.9 Å². The normalized spacial score (nSPS) is 16.5. The van der Waals surface area contributed by atoms with E-state index in [9.17, 15) is 4.79 Å². The Hall–Kier alpha value is -1.36. The molecular formula is C17H29N3O2. The first-order chi connectivity index (χ1) is 10.7. The lowest BCUT2D eigenvalue weighted by Gasteiger charge is -2.21. The van der Waals surface area contributed by atoms with E-state index in [1.54, 1.807) is 7.11 Å². The van der Waals surface area contributed by atoms with Crippen LogP contribution in [0.2, 0.25) is 0 Å². The molecule has 0 radical (unpaired) electrons. The fourth-order valence-electron chi connectivity index (χ4n) is 3.29. The predicted octanol–water partition coefficient (Wildman–Crippen LogP) is 2.78. The van der Waals surface area contributed by atoms with E-state index in [0.29, 0.717) is 25.6 Å². The third-order valence-corrected chi connectivity index (χ3v) is 4.45. The molecule has 1 amide bonds. The molecule has 1 N–H and O–H groups in total. The number of methoxy groups -OCH3 is 1. The number of amides is 1. The second-order valence-electron chi connectivity index (χ2n) is 6.17. The summed E-state index contributed by atoms with van der Waals surface area (Å²) in [4.78, 5) is 16.2. The number of carbonyl (C=O) groups excluding carboxylic acids is 1. The van der Waals surface area contributed by atoms with Gasteiger partial charge in [0.05, 0.1) is 6.61 Å². The second-order valence-corrected chi connectivity index (χ2v) is 6.17. The van der Waals surface area contributed by atoms with Crippen LogP contribution in [0.3, 0.4) is 0 Å². The maximum Gasteiger partial charge on any atom is 0.222 e. The molecule has 1 heterocycles. The molecule has 1 aromatic heterocycles. The summed E-state index contributed by atoms with van der Waals surface area (Å²) < 4.78 is 7.32. The molecule has 0 aliphatic heterocycles. The Morgan fingerprint density at radius 2 is 2.09 bits per heavy atom. The molecule has 2 rings (SSSR count). The first kappa shape index (κ1) is 17.0. The van der Waals surface area contributed by atoms with Gasteiger partial charge in [-0.2, -0.15) is 0 Å². The monoisotopic (exact) mass is 307 g/mol. The van der Waals surface area contributed by atoms with E-state index in [2.05, 4.69) is 21.8 Å². The van der Waals surface area contributed by atoms with Gasteiger partial charge in [0.25, 0.3) is 0 Å². The average molecular weight is 307 g/mol. The SMILES string of the molecule is COCCC(=O)NCCc1ncc(C)n1C1CCCCCC1. The highest BCUT2D eigenvalue weighted by molar-refractivity contribution is 5.75. The van der Waals surface area contributed by atoms with Crippen molar-refractivity contribution < 1.29 is 9.53 Å². The molecule has 5 heteroatoms. The highest BCUT2D eigenvalue weighted by Crippen LogP contribution is 2.29. The van der Waals surface area contributed by atoms with E-state index < -0.39 is 0 Å². The third-order valence-electron chi connectivity index (χ3n) is 4.45. The van der Waals surface area contributed by atoms with Gasteiger partial charge >= 0.3 is 0 Å². The van der Waals surface area contributed by atoms with Crippen LogP contribution in [0, 0.1) is 6.92 Å². The van der Waals surface area contributed by atoms with Gasteiger partial charge in [-0.25, -0.2) is 4.98 Å². The van der Waals surface area contributed by atoms with Gasteiger partial charge in [0.15, 0.2) is 0 Å². The van der Waals surface area contributed by atoms with Crippen molar-refractivity contribution in [3.05, 3.63) is 17.7 Å². The molecular weight excluding hydrogens is 278 g/mol. The van der Waals surface area contributed by atoms with Gasteiger partial charge in [0, 0.05) is 44.4 Å². The Morgan fingerprint density at radius 1 is 1.36 bits per heavy atom. The number of hydrogen-bond donors (Lipinski definition) is 1. The summed E-state index contributed by atoms with van der Waals surface area (Å²) in [6, 6.07) is 0.587. The van der Waals surface area contributed by atoms with Crippen molar-refractivity contribution in [3.63, 3.8) is 0 Å². The van der Waals surface area contributed by atoms with E-state index in [-0.39, 0.29) is 5.91 Å². The molecule has 1 aliphatic carbocycles. The second kappa shape index (κ2) is 8.93. The van der Waals surface area contributed by atoms with Crippen LogP contribution in [-0.4, -0.2) is 35.7 Å². The summed E-state index contributed by atoms with van der Waals surface area (Å²) in [7, 11) is 1.61. The number of nitrogens with one attached hydrogen (secondary N) is 1. The van der Waals surface area contributed by atoms with Gasteiger partial charge in [-0.05, 0) is 19.8 Å². The summed E-state index contributed by atoms with van der Waals surface area (Å²) in [5.74, 6) is 1.16. The molecule has 0 atom stereocenters. The Bertz CT molecular complexity index is 462. The average Bonchev–Trinajstić information content (AvgIpc) is 2.73. The molecule has 5 nitrogen and oxygen atoms in total. The Kier molecular flexibility index (Phi) is 6.90. The van der Waals surface area contributed by atoms with Gasteiger partial charge in [-0.1, -0.05) is 25.7 Å². The minimum absolute atomic E-state index is 0.0474. The van der Waals surface area contributed by atoms with E-state index in [0.717, 1.165) is 12.2 Å². The lowest BCUT2D eigenvalue weighted by Crippen LogP contribution is -2.27. The molecule has 0 saturated heterocycles. The van der Waals surface area contributed by atoms with Gasteiger partial charge in [0.2, 0.25) is 5.91 Å². The van der Waals surface area contributed by atoms with E-state index in [1.807, 2.05) is 6.20 Å². The van der Waals surface area contributed by atoms with Crippen LogP contribution in [0.25, 0.3) is 0 Å². The number of aromatic nitrogens is 2. The number of aryl methyl sites for hydroxylation is 1. The zero-order valence-corrected chi connectivity index (χ0v) is 13.9. The van der Waals surface area contributed by atoms with Crippen LogP contribution < -0.4 is 5.32 Å². The fourth-order valence-corrected chi connectivity index (χ4v) is 3.29. The van der Waals surface area contributed by atoms with Crippen LogP contribution in [0.15, 0.2) is 6.20 Å². The zero-order chi connectivity index (χ0) is 15.8. The number of hydrogen-bond acceptors (Lipinski definition) is 3. The molecule has 0 aromatic carbocycles. The van der Waals surface area contributed by atoms with Gasteiger partial charge < -0.3 is 14.6 Å². The highest BCUT2D eigenvalue weighted by Gasteiger charge is 2.18. The van der Waals surface area contributed by atoms with Crippen LogP contribution in [0.1, 0.15) is 62.5 Å². The lowest BCUT2D eigenvalue weighted by atomic mass is 10.1. The summed E-state index contributed by atoms with van der Waals surface area (Å²) in [6.07, 6.45) is 11.0. The largest absolute Gasteiger partial charge is 0.384 e. The topological polar surface area (TPSA) is 56.1 Å². The molecule has 0 spiro atoms. The fraction of sp³-hybridized carbons (Fsp3) is 0.765. The first-order valence-electron chi connectivity index (χ1n) is 8.50. The van der Waals surface area contributed by atoms with Crippen molar-refractivity contribution in [1.29, 1.82) is 0 Å². The molecule has 0 unspecified atom stereocenters. The molecule has 1 fully saturated rings. The van der Waals surface area contributed by atoms with Crippen LogP contribution in [0.5, 0.6) is 0 Å². The van der Waals surface area contributed by atoms with Crippen molar-refractivity contribution in [2.45, 2.75) is 64.3 Å². The minimum Gasteiger partial charge on any atom is -0.384 e. The van der Waals surface area contributed by atoms with Crippen molar-refractivity contribution in [2.75, 3.05) is 20.3 Å². The lowest BCUT2D eigenvalue weighted by molar-refractivity contribution is -0.121. The number of carbonyl (C=O) groups is 1. The van der Waals surface area contributed by atoms with Gasteiger partial charge in [-0.3, -0.25) is 4.79 Å². The van der Waals surface area contributed by atoms with E-state index in [1.165, 1.54) is 44.2 Å². The van der Waals surface area contributed by atoms with Gasteiger partial charge in [-0.15, -0.1) is 0 Å². The van der Waals surface area contributed by atoms with Crippen LogP contribution in [0.4, 0.5) is 0 Å². The molecule has 1 saturated carbocycles.